The Labute approximate surface area is 126 Å². The van der Waals surface area contributed by atoms with Gasteiger partial charge < -0.3 is 5.73 Å². The van der Waals surface area contributed by atoms with Gasteiger partial charge in [-0.1, -0.05) is 6.07 Å². The van der Waals surface area contributed by atoms with E-state index in [0.717, 1.165) is 5.56 Å². The molecule has 0 radical (unpaired) electrons. The summed E-state index contributed by atoms with van der Waals surface area (Å²) in [6.07, 6.45) is 3.98. The van der Waals surface area contributed by atoms with Crippen molar-refractivity contribution in [2.45, 2.75) is 11.3 Å². The molecule has 1 heterocycles. The van der Waals surface area contributed by atoms with Crippen molar-refractivity contribution < 1.29 is 8.42 Å². The number of nitrogen functional groups attached to an aromatic ring is 1. The molecule has 0 fully saturated rings. The van der Waals surface area contributed by atoms with Gasteiger partial charge in [-0.15, -0.1) is 0 Å². The Balaban J connectivity index is 2.02. The van der Waals surface area contributed by atoms with Gasteiger partial charge in [0.25, 0.3) is 0 Å². The number of sulfonamides is 1. The highest BCUT2D eigenvalue weighted by Gasteiger charge is 2.14. The zero-order valence-electron chi connectivity index (χ0n) is 10.6. The minimum absolute atomic E-state index is 0.157. The molecule has 2 aromatic rings. The first-order valence-electron chi connectivity index (χ1n) is 5.92. The van der Waals surface area contributed by atoms with E-state index in [-0.39, 0.29) is 4.90 Å². The summed E-state index contributed by atoms with van der Waals surface area (Å²) in [6.45, 7) is 0.310. The lowest BCUT2D eigenvalue weighted by Gasteiger charge is -2.08. The fourth-order valence-corrected chi connectivity index (χ4v) is 2.96. The van der Waals surface area contributed by atoms with Gasteiger partial charge in [0.15, 0.2) is 0 Å². The van der Waals surface area contributed by atoms with Gasteiger partial charge in [0.1, 0.15) is 0 Å². The first kappa shape index (κ1) is 15.0. The third-order valence-electron chi connectivity index (χ3n) is 2.71. The second-order valence-electron chi connectivity index (χ2n) is 4.19. The summed E-state index contributed by atoms with van der Waals surface area (Å²) >= 11 is 3.23. The summed E-state index contributed by atoms with van der Waals surface area (Å²) < 4.78 is 27.4. The fourth-order valence-electron chi connectivity index (χ4n) is 1.65. The molecule has 1 aromatic carbocycles. The van der Waals surface area contributed by atoms with Crippen LogP contribution in [0.25, 0.3) is 0 Å². The van der Waals surface area contributed by atoms with Gasteiger partial charge in [0.2, 0.25) is 10.0 Å². The Bertz CT molecular complexity index is 690. The van der Waals surface area contributed by atoms with Gasteiger partial charge in [0.05, 0.1) is 4.90 Å². The molecule has 0 aliphatic carbocycles. The van der Waals surface area contributed by atoms with E-state index in [1.165, 1.54) is 12.1 Å². The first-order valence-corrected chi connectivity index (χ1v) is 8.20. The Kier molecular flexibility index (Phi) is 4.74. The molecule has 7 heteroatoms. The second kappa shape index (κ2) is 6.34. The summed E-state index contributed by atoms with van der Waals surface area (Å²) in [5.74, 6) is 0. The van der Waals surface area contributed by atoms with Crippen LogP contribution in [0.4, 0.5) is 5.69 Å². The number of hydrogen-bond acceptors (Lipinski definition) is 4. The molecule has 0 atom stereocenters. The Morgan fingerprint density at radius 2 is 2.10 bits per heavy atom. The van der Waals surface area contributed by atoms with E-state index in [0.29, 0.717) is 23.1 Å². The van der Waals surface area contributed by atoms with Crippen LogP contribution in [0.2, 0.25) is 0 Å². The maximum absolute atomic E-state index is 12.1. The standard InChI is InChI=1S/C13H14BrN3O2S/c14-12-4-3-11(8-13(12)15)20(18,19)17-7-5-10-2-1-6-16-9-10/h1-4,6,8-9,17H,5,7,15H2. The van der Waals surface area contributed by atoms with Crippen LogP contribution in [0, 0.1) is 0 Å². The summed E-state index contributed by atoms with van der Waals surface area (Å²) in [5.41, 5.74) is 7.06. The van der Waals surface area contributed by atoms with Crippen molar-refractivity contribution in [2.75, 3.05) is 12.3 Å². The van der Waals surface area contributed by atoms with E-state index in [9.17, 15) is 8.42 Å². The van der Waals surface area contributed by atoms with Crippen LogP contribution in [-0.4, -0.2) is 19.9 Å². The summed E-state index contributed by atoms with van der Waals surface area (Å²) in [5, 5.41) is 0. The molecule has 20 heavy (non-hydrogen) atoms. The number of pyridine rings is 1. The molecule has 1 aromatic heterocycles. The Morgan fingerprint density at radius 3 is 2.75 bits per heavy atom. The van der Waals surface area contributed by atoms with E-state index in [1.807, 2.05) is 12.1 Å². The first-order chi connectivity index (χ1) is 9.49. The molecule has 0 amide bonds. The quantitative estimate of drug-likeness (QED) is 0.802. The smallest absolute Gasteiger partial charge is 0.240 e. The van der Waals surface area contributed by atoms with Crippen molar-refractivity contribution >= 4 is 31.6 Å². The predicted molar refractivity (Wildman–Crippen MR) is 81.7 cm³/mol. The molecule has 3 N–H and O–H groups in total. The van der Waals surface area contributed by atoms with Crippen molar-refractivity contribution in [3.63, 3.8) is 0 Å². The third-order valence-corrected chi connectivity index (χ3v) is 4.89. The lowest BCUT2D eigenvalue weighted by molar-refractivity contribution is 0.581. The number of nitrogens with two attached hydrogens (primary N) is 1. The van der Waals surface area contributed by atoms with Crippen LogP contribution in [-0.2, 0) is 16.4 Å². The molecule has 0 unspecified atom stereocenters. The van der Waals surface area contributed by atoms with Gasteiger partial charge in [-0.25, -0.2) is 13.1 Å². The Morgan fingerprint density at radius 1 is 1.30 bits per heavy atom. The molecule has 0 saturated carbocycles. The van der Waals surface area contributed by atoms with Gasteiger partial charge in [-0.05, 0) is 52.2 Å². The Hall–Kier alpha value is -1.44. The monoisotopic (exact) mass is 355 g/mol. The van der Waals surface area contributed by atoms with Crippen molar-refractivity contribution in [3.05, 3.63) is 52.8 Å². The zero-order chi connectivity index (χ0) is 14.6. The number of rotatable bonds is 5. The van der Waals surface area contributed by atoms with Crippen LogP contribution in [0.5, 0.6) is 0 Å². The normalized spacial score (nSPS) is 11.4. The molecule has 5 nitrogen and oxygen atoms in total. The van der Waals surface area contributed by atoms with Crippen LogP contribution in [0.15, 0.2) is 52.1 Å². The number of hydrogen-bond donors (Lipinski definition) is 2. The number of halogens is 1. The lowest BCUT2D eigenvalue weighted by Crippen LogP contribution is -2.26. The van der Waals surface area contributed by atoms with Gasteiger partial charge in [-0.3, -0.25) is 4.98 Å². The molecular weight excluding hydrogens is 342 g/mol. The molecule has 0 aliphatic heterocycles. The van der Waals surface area contributed by atoms with Crippen LogP contribution in [0.1, 0.15) is 5.56 Å². The molecule has 0 spiro atoms. The number of nitrogens with one attached hydrogen (secondary N) is 1. The highest BCUT2D eigenvalue weighted by molar-refractivity contribution is 9.10. The van der Waals surface area contributed by atoms with E-state index >= 15 is 0 Å². The highest BCUT2D eigenvalue weighted by Crippen LogP contribution is 2.22. The maximum Gasteiger partial charge on any atom is 0.240 e. The summed E-state index contributed by atoms with van der Waals surface area (Å²) in [6, 6.07) is 8.27. The average molecular weight is 356 g/mol. The van der Waals surface area contributed by atoms with Crippen LogP contribution >= 0.6 is 15.9 Å². The second-order valence-corrected chi connectivity index (χ2v) is 6.81. The molecule has 2 rings (SSSR count). The van der Waals surface area contributed by atoms with Gasteiger partial charge in [-0.2, -0.15) is 0 Å². The highest BCUT2D eigenvalue weighted by atomic mass is 79.9. The topological polar surface area (TPSA) is 85.1 Å². The zero-order valence-corrected chi connectivity index (χ0v) is 13.0. The van der Waals surface area contributed by atoms with Crippen LogP contribution in [0.3, 0.4) is 0 Å². The van der Waals surface area contributed by atoms with Crippen molar-refractivity contribution in [2.24, 2.45) is 0 Å². The van der Waals surface area contributed by atoms with E-state index in [1.54, 1.807) is 18.5 Å². The predicted octanol–water partition coefficient (Wildman–Crippen LogP) is 1.95. The van der Waals surface area contributed by atoms with E-state index < -0.39 is 10.0 Å². The lowest BCUT2D eigenvalue weighted by atomic mass is 10.2. The number of benzene rings is 1. The van der Waals surface area contributed by atoms with Gasteiger partial charge >= 0.3 is 0 Å². The number of nitrogens with zero attached hydrogens (tertiary/aromatic N) is 1. The molecule has 0 bridgehead atoms. The fraction of sp³-hybridized carbons (Fsp3) is 0.154. The summed E-state index contributed by atoms with van der Waals surface area (Å²) in [7, 11) is -3.54. The number of anilines is 1. The SMILES string of the molecule is Nc1cc(S(=O)(=O)NCCc2cccnc2)ccc1Br. The largest absolute Gasteiger partial charge is 0.398 e. The third kappa shape index (κ3) is 3.78. The minimum atomic E-state index is -3.54. The van der Waals surface area contributed by atoms with Crippen LogP contribution < -0.4 is 10.5 Å². The van der Waals surface area contributed by atoms with Crippen molar-refractivity contribution in [1.82, 2.24) is 9.71 Å². The van der Waals surface area contributed by atoms with Crippen molar-refractivity contribution in [1.29, 1.82) is 0 Å². The molecule has 106 valence electrons. The molecule has 0 aliphatic rings. The molecular formula is C13H14BrN3O2S. The van der Waals surface area contributed by atoms with Gasteiger partial charge in [0, 0.05) is 29.1 Å². The summed E-state index contributed by atoms with van der Waals surface area (Å²) in [4.78, 5) is 4.14. The minimum Gasteiger partial charge on any atom is -0.398 e. The maximum atomic E-state index is 12.1. The van der Waals surface area contributed by atoms with Crippen molar-refractivity contribution in [3.8, 4) is 0 Å². The average Bonchev–Trinajstić information content (AvgIpc) is 2.43. The number of aromatic nitrogens is 1. The molecule has 0 saturated heterocycles. The van der Waals surface area contributed by atoms with E-state index in [4.69, 9.17) is 5.73 Å². The van der Waals surface area contributed by atoms with E-state index in [2.05, 4.69) is 25.6 Å².